The van der Waals surface area contributed by atoms with E-state index in [1.54, 1.807) is 6.20 Å². The highest BCUT2D eigenvalue weighted by atomic mass is 127. The van der Waals surface area contributed by atoms with E-state index in [0.29, 0.717) is 11.0 Å². The molecule has 5 heteroatoms. The average molecular weight is 402 g/mol. The Morgan fingerprint density at radius 1 is 1.25 bits per heavy atom. The zero-order valence-corrected chi connectivity index (χ0v) is 15.0. The van der Waals surface area contributed by atoms with Crippen molar-refractivity contribution in [2.24, 2.45) is 0 Å². The molecule has 2 aromatic heterocycles. The maximum absolute atomic E-state index is 6.30. The summed E-state index contributed by atoms with van der Waals surface area (Å²) in [5.74, 6) is 0.680. The third kappa shape index (κ3) is 3.11. The maximum atomic E-state index is 6.30. The van der Waals surface area contributed by atoms with Gasteiger partial charge in [0.15, 0.2) is 5.82 Å². The molecular weight excluding hydrogens is 385 g/mol. The molecule has 0 saturated carbocycles. The molecule has 2 aromatic rings. The van der Waals surface area contributed by atoms with Crippen LogP contribution in [0.15, 0.2) is 18.5 Å². The van der Waals surface area contributed by atoms with Gasteiger partial charge in [-0.3, -0.25) is 4.98 Å². The number of aromatic nitrogens is 3. The molecule has 0 aliphatic rings. The van der Waals surface area contributed by atoms with Gasteiger partial charge in [-0.25, -0.2) is 9.97 Å². The maximum Gasteiger partial charge on any atom is 0.161 e. The quantitative estimate of drug-likeness (QED) is 0.543. The van der Waals surface area contributed by atoms with Crippen LogP contribution in [0, 0.1) is 3.57 Å². The highest BCUT2D eigenvalue weighted by molar-refractivity contribution is 14.1. The lowest BCUT2D eigenvalue weighted by atomic mass is 9.92. The van der Waals surface area contributed by atoms with Crippen LogP contribution in [0.25, 0.3) is 11.4 Å². The Bertz CT molecular complexity index is 636. The van der Waals surface area contributed by atoms with Gasteiger partial charge in [-0.1, -0.05) is 39.3 Å². The summed E-state index contributed by atoms with van der Waals surface area (Å²) >= 11 is 8.51. The number of hydrogen-bond acceptors (Lipinski definition) is 3. The van der Waals surface area contributed by atoms with E-state index in [9.17, 15) is 0 Å². The molecular formula is C15H17ClIN3. The molecule has 0 amide bonds. The Labute approximate surface area is 138 Å². The van der Waals surface area contributed by atoms with Gasteiger partial charge in [0.05, 0.1) is 9.26 Å². The molecule has 0 spiro atoms. The fourth-order valence-electron chi connectivity index (χ4n) is 1.96. The van der Waals surface area contributed by atoms with Crippen molar-refractivity contribution in [1.29, 1.82) is 0 Å². The lowest BCUT2D eigenvalue weighted by molar-refractivity contribution is 0.563. The summed E-state index contributed by atoms with van der Waals surface area (Å²) in [5, 5.41) is 0.513. The van der Waals surface area contributed by atoms with Gasteiger partial charge in [-0.15, -0.1) is 0 Å². The fourth-order valence-corrected chi connectivity index (χ4v) is 3.18. The lowest BCUT2D eigenvalue weighted by Gasteiger charge is -2.21. The van der Waals surface area contributed by atoms with Gasteiger partial charge in [0.25, 0.3) is 0 Å². The molecule has 0 aliphatic carbocycles. The molecule has 0 aromatic carbocycles. The van der Waals surface area contributed by atoms with Gasteiger partial charge in [-0.05, 0) is 40.6 Å². The van der Waals surface area contributed by atoms with E-state index < -0.39 is 0 Å². The summed E-state index contributed by atoms with van der Waals surface area (Å²) in [6.45, 7) is 8.49. The van der Waals surface area contributed by atoms with Crippen LogP contribution in [0.3, 0.4) is 0 Å². The summed E-state index contributed by atoms with van der Waals surface area (Å²) in [6, 6.07) is 1.95. The normalized spacial score (nSPS) is 11.7. The summed E-state index contributed by atoms with van der Waals surface area (Å²) in [7, 11) is 0. The number of aryl methyl sites for hydroxylation is 1. The van der Waals surface area contributed by atoms with Crippen LogP contribution >= 0.6 is 34.2 Å². The van der Waals surface area contributed by atoms with Crippen LogP contribution in [0.1, 0.15) is 39.0 Å². The SMILES string of the molecule is CCc1cnccc1-c1nc(Cl)c(I)c(C(C)(C)C)n1. The Balaban J connectivity index is 2.67. The zero-order valence-electron chi connectivity index (χ0n) is 12.0. The molecule has 0 bridgehead atoms. The second-order valence-electron chi connectivity index (χ2n) is 5.64. The van der Waals surface area contributed by atoms with Crippen molar-refractivity contribution in [3.63, 3.8) is 0 Å². The van der Waals surface area contributed by atoms with Gasteiger partial charge in [0.2, 0.25) is 0 Å². The average Bonchev–Trinajstić information content (AvgIpc) is 2.40. The smallest absolute Gasteiger partial charge is 0.161 e. The minimum Gasteiger partial charge on any atom is -0.264 e. The van der Waals surface area contributed by atoms with Crippen LogP contribution in [-0.4, -0.2) is 15.0 Å². The van der Waals surface area contributed by atoms with Crippen LogP contribution < -0.4 is 0 Å². The standard InChI is InChI=1S/C15H17ClIN3/c1-5-9-8-18-7-6-10(9)14-19-12(15(2,3)4)11(17)13(16)20-14/h6-8H,5H2,1-4H3. The summed E-state index contributed by atoms with van der Waals surface area (Å²) in [5.41, 5.74) is 3.04. The second kappa shape index (κ2) is 5.93. The van der Waals surface area contributed by atoms with Gasteiger partial charge in [0, 0.05) is 23.4 Å². The highest BCUT2D eigenvalue weighted by Gasteiger charge is 2.23. The molecule has 0 atom stereocenters. The van der Waals surface area contributed by atoms with Crippen molar-refractivity contribution in [1.82, 2.24) is 15.0 Å². The van der Waals surface area contributed by atoms with Gasteiger partial charge in [0.1, 0.15) is 5.15 Å². The van der Waals surface area contributed by atoms with Crippen molar-refractivity contribution >= 4 is 34.2 Å². The molecule has 0 unspecified atom stereocenters. The monoisotopic (exact) mass is 401 g/mol. The van der Waals surface area contributed by atoms with Gasteiger partial charge < -0.3 is 0 Å². The Kier molecular flexibility index (Phi) is 4.64. The predicted octanol–water partition coefficient (Wildman–Crippen LogP) is 4.66. The molecule has 20 heavy (non-hydrogen) atoms. The van der Waals surface area contributed by atoms with E-state index in [0.717, 1.165) is 26.8 Å². The van der Waals surface area contributed by atoms with Gasteiger partial charge in [-0.2, -0.15) is 0 Å². The molecule has 0 radical (unpaired) electrons. The van der Waals surface area contributed by atoms with Crippen molar-refractivity contribution in [2.75, 3.05) is 0 Å². The number of rotatable bonds is 2. The first-order valence-electron chi connectivity index (χ1n) is 6.51. The second-order valence-corrected chi connectivity index (χ2v) is 7.07. The van der Waals surface area contributed by atoms with Crippen molar-refractivity contribution in [2.45, 2.75) is 39.5 Å². The number of nitrogens with zero attached hydrogens (tertiary/aromatic N) is 3. The minimum absolute atomic E-state index is 0.0722. The first kappa shape index (κ1) is 15.6. The molecule has 3 nitrogen and oxygen atoms in total. The Morgan fingerprint density at radius 2 is 1.95 bits per heavy atom. The summed E-state index contributed by atoms with van der Waals surface area (Å²) < 4.78 is 0.924. The molecule has 106 valence electrons. The molecule has 0 N–H and O–H groups in total. The van der Waals surface area contributed by atoms with Crippen molar-refractivity contribution in [3.8, 4) is 11.4 Å². The van der Waals surface area contributed by atoms with Crippen LogP contribution in [0.2, 0.25) is 5.15 Å². The largest absolute Gasteiger partial charge is 0.264 e. The highest BCUT2D eigenvalue weighted by Crippen LogP contribution is 2.32. The van der Waals surface area contributed by atoms with E-state index in [2.05, 4.69) is 60.3 Å². The van der Waals surface area contributed by atoms with E-state index >= 15 is 0 Å². The van der Waals surface area contributed by atoms with E-state index in [-0.39, 0.29) is 5.41 Å². The number of halogens is 2. The lowest BCUT2D eigenvalue weighted by Crippen LogP contribution is -2.17. The molecule has 2 rings (SSSR count). The molecule has 0 saturated heterocycles. The van der Waals surface area contributed by atoms with Crippen LogP contribution in [-0.2, 0) is 11.8 Å². The summed E-state index contributed by atoms with van der Waals surface area (Å²) in [4.78, 5) is 13.4. The third-order valence-electron chi connectivity index (χ3n) is 3.05. The zero-order chi connectivity index (χ0) is 14.9. The molecule has 0 aliphatic heterocycles. The first-order valence-corrected chi connectivity index (χ1v) is 7.97. The summed E-state index contributed by atoms with van der Waals surface area (Å²) in [6.07, 6.45) is 4.52. The number of pyridine rings is 1. The van der Waals surface area contributed by atoms with E-state index in [1.807, 2.05) is 12.3 Å². The third-order valence-corrected chi connectivity index (χ3v) is 4.66. The van der Waals surface area contributed by atoms with E-state index in [4.69, 9.17) is 16.6 Å². The number of hydrogen-bond donors (Lipinski definition) is 0. The Morgan fingerprint density at radius 3 is 2.55 bits per heavy atom. The van der Waals surface area contributed by atoms with Crippen molar-refractivity contribution < 1.29 is 0 Å². The van der Waals surface area contributed by atoms with Crippen LogP contribution in [0.5, 0.6) is 0 Å². The Hall–Kier alpha value is -0.750. The van der Waals surface area contributed by atoms with Gasteiger partial charge >= 0.3 is 0 Å². The predicted molar refractivity (Wildman–Crippen MR) is 91.1 cm³/mol. The molecule has 2 heterocycles. The van der Waals surface area contributed by atoms with Crippen LogP contribution in [0.4, 0.5) is 0 Å². The minimum atomic E-state index is -0.0722. The fraction of sp³-hybridized carbons (Fsp3) is 0.400. The first-order chi connectivity index (χ1) is 9.34. The topological polar surface area (TPSA) is 38.7 Å². The van der Waals surface area contributed by atoms with Crippen molar-refractivity contribution in [3.05, 3.63) is 38.4 Å². The molecule has 0 fully saturated rings. The van der Waals surface area contributed by atoms with E-state index in [1.165, 1.54) is 0 Å².